The number of carbonyl (C=O) groups is 2. The molecule has 65 heavy (non-hydrogen) atoms. The van der Waals surface area contributed by atoms with E-state index in [0.29, 0.717) is 19.3 Å². The Labute approximate surface area is 391 Å². The first-order chi connectivity index (χ1) is 31.4. The maximum Gasteiger partial charge on any atom is 0.472 e. The van der Waals surface area contributed by atoms with Gasteiger partial charge in [0.25, 0.3) is 0 Å². The molecule has 0 aromatic rings. The van der Waals surface area contributed by atoms with Gasteiger partial charge in [-0.2, -0.15) is 0 Å². The van der Waals surface area contributed by atoms with E-state index in [1.54, 1.807) is 0 Å². The third kappa shape index (κ3) is 32.6. The van der Waals surface area contributed by atoms with Crippen molar-refractivity contribution in [2.45, 2.75) is 224 Å². The summed E-state index contributed by atoms with van der Waals surface area (Å²) in [6.07, 6.45) is 38.2. The van der Waals surface area contributed by atoms with Gasteiger partial charge in [-0.1, -0.05) is 189 Å². The summed E-state index contributed by atoms with van der Waals surface area (Å²) < 4.78 is 33.5. The van der Waals surface area contributed by atoms with Gasteiger partial charge in [-0.3, -0.25) is 18.6 Å². The molecule has 1 aliphatic rings. The highest BCUT2D eigenvalue weighted by molar-refractivity contribution is 7.47. The predicted molar refractivity (Wildman–Crippen MR) is 258 cm³/mol. The second-order valence-corrected chi connectivity index (χ2v) is 18.3. The molecule has 0 saturated heterocycles. The van der Waals surface area contributed by atoms with Crippen LogP contribution in [0.25, 0.3) is 0 Å². The number of hydrogen-bond acceptors (Lipinski definition) is 12. The number of rotatable bonds is 40. The second-order valence-electron chi connectivity index (χ2n) is 16.9. The van der Waals surface area contributed by atoms with Crippen molar-refractivity contribution in [3.63, 3.8) is 0 Å². The van der Waals surface area contributed by atoms with Crippen LogP contribution in [0.4, 0.5) is 0 Å². The molecule has 0 aliphatic heterocycles. The number of carbonyl (C=O) groups excluding carboxylic acids is 2. The molecular weight excluding hydrogens is 852 g/mol. The van der Waals surface area contributed by atoms with E-state index in [9.17, 15) is 44.6 Å². The Morgan fingerprint density at radius 1 is 0.492 bits per heavy atom. The maximum atomic E-state index is 12.8. The maximum absolute atomic E-state index is 12.8. The van der Waals surface area contributed by atoms with E-state index in [2.05, 4.69) is 68.5 Å². The highest BCUT2D eigenvalue weighted by atomic mass is 31.2. The van der Waals surface area contributed by atoms with Crippen molar-refractivity contribution in [2.24, 2.45) is 0 Å². The van der Waals surface area contributed by atoms with Crippen LogP contribution in [0.1, 0.15) is 181 Å². The van der Waals surface area contributed by atoms with Crippen molar-refractivity contribution < 1.29 is 63.1 Å². The van der Waals surface area contributed by atoms with Crippen molar-refractivity contribution in [2.75, 3.05) is 13.2 Å². The van der Waals surface area contributed by atoms with E-state index in [4.69, 9.17) is 18.5 Å². The number of hydrogen-bond donors (Lipinski definition) is 6. The molecule has 6 unspecified atom stereocenters. The van der Waals surface area contributed by atoms with Crippen molar-refractivity contribution >= 4 is 19.8 Å². The summed E-state index contributed by atoms with van der Waals surface area (Å²) in [7, 11) is -5.14. The molecular formula is C51H87O13P. The van der Waals surface area contributed by atoms with Crippen LogP contribution in [-0.4, -0.2) is 98.3 Å². The van der Waals surface area contributed by atoms with Crippen LogP contribution in [-0.2, 0) is 32.7 Å². The summed E-state index contributed by atoms with van der Waals surface area (Å²) in [5.41, 5.74) is 0. The quantitative estimate of drug-likeness (QED) is 0.0146. The summed E-state index contributed by atoms with van der Waals surface area (Å²) in [5.74, 6) is -1.20. The molecule has 1 rings (SSSR count). The summed E-state index contributed by atoms with van der Waals surface area (Å²) in [4.78, 5) is 35.7. The van der Waals surface area contributed by atoms with Gasteiger partial charge in [0.2, 0.25) is 0 Å². The van der Waals surface area contributed by atoms with E-state index in [0.717, 1.165) is 51.4 Å². The predicted octanol–water partition coefficient (Wildman–Crippen LogP) is 10.3. The SMILES string of the molecule is CC/C=C/C/C=C/C/C=C/C/C=C/C/C=C/C/C=C/CCC(=O)O[C@H](COC(=O)CCCCCCCCCCCCCCCCCCC)COP(=O)(O)OC1C(O)C(O)C(O)[C@@H](O)C1O. The Kier molecular flexibility index (Phi) is 37.5. The van der Waals surface area contributed by atoms with Gasteiger partial charge in [0, 0.05) is 12.8 Å². The van der Waals surface area contributed by atoms with Crippen LogP contribution in [0.5, 0.6) is 0 Å². The number of allylic oxidation sites excluding steroid dienone is 12. The molecule has 1 fully saturated rings. The number of ether oxygens (including phenoxy) is 2. The molecule has 1 saturated carbocycles. The van der Waals surface area contributed by atoms with Gasteiger partial charge < -0.3 is 39.9 Å². The zero-order chi connectivity index (χ0) is 47.8. The first kappa shape index (κ1) is 60.3. The average Bonchev–Trinajstić information content (AvgIpc) is 3.29. The van der Waals surface area contributed by atoms with Crippen molar-refractivity contribution in [3.8, 4) is 0 Å². The molecule has 6 N–H and O–H groups in total. The van der Waals surface area contributed by atoms with Crippen molar-refractivity contribution in [1.29, 1.82) is 0 Å². The van der Waals surface area contributed by atoms with Gasteiger partial charge in [0.1, 0.15) is 43.2 Å². The third-order valence-corrected chi connectivity index (χ3v) is 12.1. The van der Waals surface area contributed by atoms with E-state index in [1.807, 2.05) is 18.2 Å². The molecule has 0 aromatic carbocycles. The number of unbranched alkanes of at least 4 members (excludes halogenated alkanes) is 16. The largest absolute Gasteiger partial charge is 0.472 e. The highest BCUT2D eigenvalue weighted by Gasteiger charge is 2.51. The van der Waals surface area contributed by atoms with Crippen LogP contribution < -0.4 is 0 Å². The van der Waals surface area contributed by atoms with E-state index in [1.165, 1.54) is 83.5 Å². The van der Waals surface area contributed by atoms with Crippen LogP contribution >= 0.6 is 7.82 Å². The van der Waals surface area contributed by atoms with Gasteiger partial charge in [0.15, 0.2) is 6.10 Å². The minimum atomic E-state index is -5.14. The molecule has 0 spiro atoms. The number of phosphoric ester groups is 1. The van der Waals surface area contributed by atoms with E-state index in [-0.39, 0.29) is 12.8 Å². The van der Waals surface area contributed by atoms with Crippen LogP contribution in [0.2, 0.25) is 0 Å². The van der Waals surface area contributed by atoms with Crippen LogP contribution in [0.15, 0.2) is 72.9 Å². The summed E-state index contributed by atoms with van der Waals surface area (Å²) in [5, 5.41) is 50.2. The van der Waals surface area contributed by atoms with Gasteiger partial charge in [-0.05, 0) is 51.4 Å². The second kappa shape index (κ2) is 40.4. The van der Waals surface area contributed by atoms with Crippen molar-refractivity contribution in [1.82, 2.24) is 0 Å². The Hall–Kier alpha value is -2.71. The van der Waals surface area contributed by atoms with Crippen molar-refractivity contribution in [3.05, 3.63) is 72.9 Å². The first-order valence-corrected chi connectivity index (χ1v) is 26.2. The van der Waals surface area contributed by atoms with Crippen LogP contribution in [0, 0.1) is 0 Å². The molecule has 374 valence electrons. The fraction of sp³-hybridized carbons (Fsp3) is 0.725. The Morgan fingerprint density at radius 2 is 0.877 bits per heavy atom. The Morgan fingerprint density at radius 3 is 1.31 bits per heavy atom. The Bertz CT molecular complexity index is 1410. The topological polar surface area (TPSA) is 210 Å². The minimum absolute atomic E-state index is 0.0300. The molecule has 1 aliphatic carbocycles. The fourth-order valence-electron chi connectivity index (χ4n) is 7.14. The lowest BCUT2D eigenvalue weighted by atomic mass is 9.85. The zero-order valence-electron chi connectivity index (χ0n) is 39.8. The van der Waals surface area contributed by atoms with E-state index >= 15 is 0 Å². The highest BCUT2D eigenvalue weighted by Crippen LogP contribution is 2.47. The summed E-state index contributed by atoms with van der Waals surface area (Å²) in [6.45, 7) is 3.14. The van der Waals surface area contributed by atoms with Gasteiger partial charge in [-0.15, -0.1) is 0 Å². The smallest absolute Gasteiger partial charge is 0.462 e. The average molecular weight is 939 g/mol. The lowest BCUT2D eigenvalue weighted by molar-refractivity contribution is -0.220. The normalized spacial score (nSPS) is 22.0. The Balaban J connectivity index is 2.48. The molecule has 13 nitrogen and oxygen atoms in total. The number of aliphatic hydroxyl groups excluding tert-OH is 5. The molecule has 0 amide bonds. The molecule has 0 bridgehead atoms. The van der Waals surface area contributed by atoms with Gasteiger partial charge in [-0.25, -0.2) is 4.57 Å². The van der Waals surface area contributed by atoms with E-state index < -0.39 is 75.7 Å². The van der Waals surface area contributed by atoms with Crippen LogP contribution in [0.3, 0.4) is 0 Å². The molecule has 0 aromatic heterocycles. The zero-order valence-corrected chi connectivity index (χ0v) is 40.7. The first-order valence-electron chi connectivity index (χ1n) is 24.7. The molecule has 0 radical (unpaired) electrons. The minimum Gasteiger partial charge on any atom is -0.462 e. The fourth-order valence-corrected chi connectivity index (χ4v) is 8.11. The number of phosphoric acid groups is 1. The molecule has 0 heterocycles. The number of esters is 2. The van der Waals surface area contributed by atoms with Gasteiger partial charge >= 0.3 is 19.8 Å². The lowest BCUT2D eigenvalue weighted by Crippen LogP contribution is -2.64. The van der Waals surface area contributed by atoms with Gasteiger partial charge in [0.05, 0.1) is 6.61 Å². The summed E-state index contributed by atoms with van der Waals surface area (Å²) in [6, 6.07) is 0. The monoisotopic (exact) mass is 939 g/mol. The number of aliphatic hydroxyl groups is 5. The molecule has 14 heteroatoms. The third-order valence-electron chi connectivity index (χ3n) is 11.1. The standard InChI is InChI=1S/C51H87O13P/c1-3-5-7-9-11-13-15-17-19-21-22-24-26-28-30-32-34-36-38-40-45(53)63-43(42-62-65(59,60)64-51-49(57)47(55)46(54)48(56)50(51)58)41-61-44(52)39-37-35-33-31-29-27-25-23-20-18-16-14-12-10-8-6-4-2/h5,7,11,13,17,19,22,24,28,30,34,36,43,46-51,54-58H,3-4,6,8-10,12,14-16,18,20-21,23,25-27,29,31-33,35,37-42H2,1-2H3,(H,59,60)/b7-5+,13-11+,19-17+,24-22+,30-28+,36-34+/t43-,46?,47-,48?,49?,50?,51?/m1/s1. The lowest BCUT2D eigenvalue weighted by Gasteiger charge is -2.41. The summed E-state index contributed by atoms with van der Waals surface area (Å²) >= 11 is 0. The molecule has 8 atom stereocenters.